The Labute approximate surface area is 87.9 Å². The summed E-state index contributed by atoms with van der Waals surface area (Å²) >= 11 is 0. The molecule has 0 rings (SSSR count). The van der Waals surface area contributed by atoms with Crippen LogP contribution in [0.15, 0.2) is 12.7 Å². The summed E-state index contributed by atoms with van der Waals surface area (Å²) in [4.78, 5) is 2.31. The van der Waals surface area contributed by atoms with E-state index in [-0.39, 0.29) is 11.6 Å². The largest absolute Gasteiger partial charge is 0.383 e. The van der Waals surface area contributed by atoms with Crippen LogP contribution in [0.2, 0.25) is 0 Å². The van der Waals surface area contributed by atoms with Gasteiger partial charge in [-0.1, -0.05) is 6.08 Å². The number of hydrogen-bond donors (Lipinski definition) is 1. The molecule has 0 aromatic carbocycles. The lowest BCUT2D eigenvalue weighted by molar-refractivity contribution is 0.0441. The van der Waals surface area contributed by atoms with Crippen LogP contribution in [-0.4, -0.2) is 43.3 Å². The molecule has 0 heterocycles. The molecule has 0 aromatic heterocycles. The van der Waals surface area contributed by atoms with Gasteiger partial charge >= 0.3 is 0 Å². The number of methoxy groups -OCH3 is 1. The van der Waals surface area contributed by atoms with E-state index in [4.69, 9.17) is 10.5 Å². The standard InChI is InChI=1S/C11H24N2O/c1-6-7-13(11(2,3)4)10(8-12)9-14-5/h6,10H,1,7-9,12H2,2-5H3. The molecule has 0 bridgehead atoms. The van der Waals surface area contributed by atoms with Gasteiger partial charge in [-0.3, -0.25) is 4.90 Å². The van der Waals surface area contributed by atoms with Gasteiger partial charge in [-0.05, 0) is 20.8 Å². The Balaban J connectivity index is 4.50. The van der Waals surface area contributed by atoms with Crippen LogP contribution in [0.5, 0.6) is 0 Å². The van der Waals surface area contributed by atoms with Crippen molar-refractivity contribution in [1.29, 1.82) is 0 Å². The molecule has 3 nitrogen and oxygen atoms in total. The van der Waals surface area contributed by atoms with Crippen molar-refractivity contribution >= 4 is 0 Å². The van der Waals surface area contributed by atoms with E-state index in [1.165, 1.54) is 0 Å². The zero-order valence-electron chi connectivity index (χ0n) is 9.92. The maximum atomic E-state index is 5.73. The molecule has 1 unspecified atom stereocenters. The molecule has 0 aliphatic heterocycles. The Morgan fingerprint density at radius 2 is 2.07 bits per heavy atom. The summed E-state index contributed by atoms with van der Waals surface area (Å²) in [7, 11) is 1.71. The Kier molecular flexibility index (Phi) is 6.00. The highest BCUT2D eigenvalue weighted by Crippen LogP contribution is 2.16. The van der Waals surface area contributed by atoms with E-state index >= 15 is 0 Å². The molecule has 0 spiro atoms. The molecular formula is C11H24N2O. The van der Waals surface area contributed by atoms with Gasteiger partial charge in [0.25, 0.3) is 0 Å². The van der Waals surface area contributed by atoms with Crippen molar-refractivity contribution in [3.8, 4) is 0 Å². The van der Waals surface area contributed by atoms with Crippen molar-refractivity contribution in [2.24, 2.45) is 5.73 Å². The topological polar surface area (TPSA) is 38.5 Å². The van der Waals surface area contributed by atoms with Crippen molar-refractivity contribution < 1.29 is 4.74 Å². The summed E-state index contributed by atoms with van der Waals surface area (Å²) in [6, 6.07) is 0.262. The Morgan fingerprint density at radius 1 is 1.50 bits per heavy atom. The summed E-state index contributed by atoms with van der Waals surface area (Å²) in [5.41, 5.74) is 5.82. The number of nitrogens with two attached hydrogens (primary N) is 1. The van der Waals surface area contributed by atoms with E-state index in [2.05, 4.69) is 32.3 Å². The van der Waals surface area contributed by atoms with E-state index in [1.54, 1.807) is 7.11 Å². The van der Waals surface area contributed by atoms with Crippen LogP contribution >= 0.6 is 0 Å². The SMILES string of the molecule is C=CCN(C(CN)COC)C(C)(C)C. The molecule has 0 aliphatic carbocycles. The van der Waals surface area contributed by atoms with Crippen molar-refractivity contribution in [3.05, 3.63) is 12.7 Å². The lowest BCUT2D eigenvalue weighted by Crippen LogP contribution is -2.53. The fourth-order valence-electron chi connectivity index (χ4n) is 1.59. The van der Waals surface area contributed by atoms with Gasteiger partial charge in [-0.15, -0.1) is 6.58 Å². The molecule has 0 saturated heterocycles. The second kappa shape index (κ2) is 6.17. The second-order valence-corrected chi connectivity index (χ2v) is 4.46. The maximum Gasteiger partial charge on any atom is 0.0630 e. The summed E-state index contributed by atoms with van der Waals surface area (Å²) in [6.45, 7) is 12.4. The Morgan fingerprint density at radius 3 is 2.36 bits per heavy atom. The zero-order valence-corrected chi connectivity index (χ0v) is 9.92. The first kappa shape index (κ1) is 13.6. The molecule has 3 heteroatoms. The molecule has 14 heavy (non-hydrogen) atoms. The first-order valence-electron chi connectivity index (χ1n) is 5.04. The highest BCUT2D eigenvalue weighted by molar-refractivity contribution is 4.88. The van der Waals surface area contributed by atoms with Crippen LogP contribution in [0.3, 0.4) is 0 Å². The monoisotopic (exact) mass is 200 g/mol. The predicted octanol–water partition coefficient (Wildman–Crippen LogP) is 1.25. The van der Waals surface area contributed by atoms with Crippen LogP contribution in [0, 0.1) is 0 Å². The molecule has 0 saturated carbocycles. The van der Waals surface area contributed by atoms with E-state index in [1.807, 2.05) is 6.08 Å². The summed E-state index contributed by atoms with van der Waals surface area (Å²) in [6.07, 6.45) is 1.91. The third-order valence-corrected chi connectivity index (χ3v) is 2.26. The first-order valence-corrected chi connectivity index (χ1v) is 5.04. The van der Waals surface area contributed by atoms with Gasteiger partial charge < -0.3 is 10.5 Å². The molecule has 0 aliphatic rings. The molecule has 0 radical (unpaired) electrons. The molecular weight excluding hydrogens is 176 g/mol. The predicted molar refractivity (Wildman–Crippen MR) is 61.4 cm³/mol. The Bertz CT molecular complexity index is 163. The zero-order chi connectivity index (χ0) is 11.2. The average molecular weight is 200 g/mol. The number of ether oxygens (including phenoxy) is 1. The molecule has 2 N–H and O–H groups in total. The van der Waals surface area contributed by atoms with Gasteiger partial charge in [-0.2, -0.15) is 0 Å². The van der Waals surface area contributed by atoms with E-state index < -0.39 is 0 Å². The third kappa shape index (κ3) is 4.22. The van der Waals surface area contributed by atoms with Crippen LogP contribution in [0.1, 0.15) is 20.8 Å². The van der Waals surface area contributed by atoms with Gasteiger partial charge in [0.1, 0.15) is 0 Å². The van der Waals surface area contributed by atoms with Crippen LogP contribution < -0.4 is 5.73 Å². The Hall–Kier alpha value is -0.380. The summed E-state index contributed by atoms with van der Waals surface area (Å²) < 4.78 is 5.16. The maximum absolute atomic E-state index is 5.73. The van der Waals surface area contributed by atoms with E-state index in [0.717, 1.165) is 6.54 Å². The van der Waals surface area contributed by atoms with Crippen LogP contribution in [-0.2, 0) is 4.74 Å². The third-order valence-electron chi connectivity index (χ3n) is 2.26. The van der Waals surface area contributed by atoms with Crippen molar-refractivity contribution in [1.82, 2.24) is 4.90 Å². The fourth-order valence-corrected chi connectivity index (χ4v) is 1.59. The van der Waals surface area contributed by atoms with E-state index in [9.17, 15) is 0 Å². The normalized spacial score (nSPS) is 14.4. The van der Waals surface area contributed by atoms with Gasteiger partial charge in [0, 0.05) is 31.8 Å². The fraction of sp³-hybridized carbons (Fsp3) is 0.818. The van der Waals surface area contributed by atoms with Crippen LogP contribution in [0.4, 0.5) is 0 Å². The summed E-state index contributed by atoms with van der Waals surface area (Å²) in [5, 5.41) is 0. The number of hydrogen-bond acceptors (Lipinski definition) is 3. The second-order valence-electron chi connectivity index (χ2n) is 4.46. The highest BCUT2D eigenvalue weighted by atomic mass is 16.5. The van der Waals surface area contributed by atoms with E-state index in [0.29, 0.717) is 13.2 Å². The van der Waals surface area contributed by atoms with Gasteiger partial charge in [0.2, 0.25) is 0 Å². The lowest BCUT2D eigenvalue weighted by atomic mass is 10.0. The van der Waals surface area contributed by atoms with Crippen molar-refractivity contribution in [2.75, 3.05) is 26.8 Å². The van der Waals surface area contributed by atoms with Gasteiger partial charge in [0.05, 0.1) is 6.61 Å². The molecule has 0 aromatic rings. The van der Waals surface area contributed by atoms with Crippen molar-refractivity contribution in [2.45, 2.75) is 32.4 Å². The number of rotatable bonds is 6. The average Bonchev–Trinajstić information content (AvgIpc) is 2.09. The van der Waals surface area contributed by atoms with Crippen LogP contribution in [0.25, 0.3) is 0 Å². The highest BCUT2D eigenvalue weighted by Gasteiger charge is 2.26. The molecule has 84 valence electrons. The minimum Gasteiger partial charge on any atom is -0.383 e. The minimum atomic E-state index is 0.0940. The smallest absolute Gasteiger partial charge is 0.0630 e. The molecule has 0 fully saturated rings. The van der Waals surface area contributed by atoms with Crippen molar-refractivity contribution in [3.63, 3.8) is 0 Å². The van der Waals surface area contributed by atoms with Gasteiger partial charge in [-0.25, -0.2) is 0 Å². The molecule has 0 amide bonds. The quantitative estimate of drug-likeness (QED) is 0.656. The number of nitrogens with zero attached hydrogens (tertiary/aromatic N) is 1. The summed E-state index contributed by atoms with van der Waals surface area (Å²) in [5.74, 6) is 0. The molecule has 1 atom stereocenters. The van der Waals surface area contributed by atoms with Gasteiger partial charge in [0.15, 0.2) is 0 Å². The first-order chi connectivity index (χ1) is 6.47. The lowest BCUT2D eigenvalue weighted by Gasteiger charge is -2.40. The minimum absolute atomic E-state index is 0.0940.